The van der Waals surface area contributed by atoms with Gasteiger partial charge in [0.15, 0.2) is 5.82 Å². The molecule has 3 heterocycles. The lowest BCUT2D eigenvalue weighted by atomic mass is 9.96. The molecule has 1 aliphatic heterocycles. The number of methoxy groups -OCH3 is 1. The number of aromatic nitrogens is 3. The first-order chi connectivity index (χ1) is 16.4. The maximum Gasteiger partial charge on any atom is 0.318 e. The van der Waals surface area contributed by atoms with Gasteiger partial charge in [0.25, 0.3) is 0 Å². The van der Waals surface area contributed by atoms with Crippen molar-refractivity contribution in [3.63, 3.8) is 0 Å². The van der Waals surface area contributed by atoms with Gasteiger partial charge in [-0.15, -0.1) is 6.42 Å². The molecule has 0 spiro atoms. The highest BCUT2D eigenvalue weighted by molar-refractivity contribution is 6.02. The third kappa shape index (κ3) is 3.40. The van der Waals surface area contributed by atoms with Crippen LogP contribution in [0.4, 0.5) is 14.6 Å². The van der Waals surface area contributed by atoms with E-state index >= 15 is 4.39 Å². The minimum absolute atomic E-state index is 0.0328. The molecule has 1 saturated heterocycles. The molecule has 0 unspecified atom stereocenters. The van der Waals surface area contributed by atoms with Crippen LogP contribution >= 0.6 is 0 Å². The van der Waals surface area contributed by atoms with Crippen molar-refractivity contribution < 1.29 is 13.5 Å². The number of terminal acetylenes is 1. The molecule has 2 aromatic carbocycles. The Labute approximate surface area is 196 Å². The zero-order chi connectivity index (χ0) is 24.0. The van der Waals surface area contributed by atoms with Crippen molar-refractivity contribution in [1.82, 2.24) is 20.3 Å². The first-order valence-corrected chi connectivity index (χ1v) is 11.0. The molecule has 0 aliphatic carbocycles. The van der Waals surface area contributed by atoms with Crippen LogP contribution in [0.3, 0.4) is 0 Å². The lowest BCUT2D eigenvalue weighted by Gasteiger charge is -2.29. The molecule has 172 valence electrons. The number of anilines is 1. The van der Waals surface area contributed by atoms with E-state index in [0.717, 1.165) is 13.0 Å². The van der Waals surface area contributed by atoms with Crippen LogP contribution < -0.4 is 15.0 Å². The topological polar surface area (TPSA) is 63.2 Å². The molecule has 2 aromatic heterocycles. The van der Waals surface area contributed by atoms with Gasteiger partial charge in [-0.3, -0.25) is 4.98 Å². The first kappa shape index (κ1) is 22.0. The van der Waals surface area contributed by atoms with E-state index in [4.69, 9.17) is 11.2 Å². The molecule has 4 aromatic rings. The molecule has 8 heteroatoms. The third-order valence-electron chi connectivity index (χ3n) is 6.54. The number of halogens is 2. The summed E-state index contributed by atoms with van der Waals surface area (Å²) in [6, 6.07) is 8.63. The van der Waals surface area contributed by atoms with Crippen LogP contribution in [0.1, 0.15) is 18.9 Å². The van der Waals surface area contributed by atoms with E-state index < -0.39 is 11.6 Å². The van der Waals surface area contributed by atoms with Crippen molar-refractivity contribution in [2.24, 2.45) is 0 Å². The van der Waals surface area contributed by atoms with Crippen molar-refractivity contribution in [1.29, 1.82) is 0 Å². The Kier molecular flexibility index (Phi) is 5.50. The van der Waals surface area contributed by atoms with E-state index in [-0.39, 0.29) is 34.9 Å². The summed E-state index contributed by atoms with van der Waals surface area (Å²) in [4.78, 5) is 15.3. The van der Waals surface area contributed by atoms with E-state index in [9.17, 15) is 4.39 Å². The number of hydrogen-bond donors (Lipinski definition) is 1. The molecule has 0 saturated carbocycles. The molecule has 2 atom stereocenters. The SMILES string of the molecule is C#Cc1c(F)ccc2cccc(-c3ncc4c(N(C)[C@@H]5CCN[C@@H]5C)nc(OC)nc4c3F)c12. The molecule has 6 nitrogen and oxygen atoms in total. The Morgan fingerprint density at radius 2 is 2.03 bits per heavy atom. The van der Waals surface area contributed by atoms with Gasteiger partial charge in [-0.2, -0.15) is 9.97 Å². The Morgan fingerprint density at radius 1 is 1.21 bits per heavy atom. The number of rotatable bonds is 4. The number of fused-ring (bicyclic) bond motifs is 2. The number of nitrogens with zero attached hydrogens (tertiary/aromatic N) is 4. The molecule has 5 rings (SSSR count). The molecule has 0 bridgehead atoms. The van der Waals surface area contributed by atoms with Gasteiger partial charge in [-0.1, -0.05) is 30.2 Å². The lowest BCUT2D eigenvalue weighted by Crippen LogP contribution is -2.40. The molecule has 34 heavy (non-hydrogen) atoms. The van der Waals surface area contributed by atoms with Gasteiger partial charge in [-0.25, -0.2) is 8.78 Å². The molecule has 1 aliphatic rings. The first-order valence-electron chi connectivity index (χ1n) is 11.0. The predicted molar refractivity (Wildman–Crippen MR) is 129 cm³/mol. The third-order valence-corrected chi connectivity index (χ3v) is 6.54. The van der Waals surface area contributed by atoms with Gasteiger partial charge in [0, 0.05) is 36.3 Å². The number of pyridine rings is 1. The predicted octanol–water partition coefficient (Wildman–Crippen LogP) is 4.30. The Bertz CT molecular complexity index is 1470. The van der Waals surface area contributed by atoms with Crippen LogP contribution in [0.2, 0.25) is 0 Å². The summed E-state index contributed by atoms with van der Waals surface area (Å²) < 4.78 is 35.8. The normalized spacial score (nSPS) is 17.8. The number of ether oxygens (including phenoxy) is 1. The second-order valence-corrected chi connectivity index (χ2v) is 8.40. The summed E-state index contributed by atoms with van der Waals surface area (Å²) in [5.41, 5.74) is 0.571. The number of nitrogens with one attached hydrogen (secondary N) is 1. The van der Waals surface area contributed by atoms with E-state index in [0.29, 0.717) is 27.5 Å². The van der Waals surface area contributed by atoms with Gasteiger partial charge in [0.1, 0.15) is 22.8 Å². The zero-order valence-corrected chi connectivity index (χ0v) is 19.1. The van der Waals surface area contributed by atoms with E-state index in [1.165, 1.54) is 13.2 Å². The fraction of sp³-hybridized carbons (Fsp3) is 0.269. The Morgan fingerprint density at radius 3 is 2.74 bits per heavy atom. The van der Waals surface area contributed by atoms with Crippen molar-refractivity contribution in [2.45, 2.75) is 25.4 Å². The highest BCUT2D eigenvalue weighted by Crippen LogP contribution is 2.37. The zero-order valence-electron chi connectivity index (χ0n) is 19.1. The van der Waals surface area contributed by atoms with Crippen LogP contribution in [0, 0.1) is 24.0 Å². The average molecular weight is 460 g/mol. The smallest absolute Gasteiger partial charge is 0.318 e. The van der Waals surface area contributed by atoms with Crippen molar-refractivity contribution >= 4 is 27.5 Å². The average Bonchev–Trinajstić information content (AvgIpc) is 3.29. The second kappa shape index (κ2) is 8.50. The van der Waals surface area contributed by atoms with E-state index in [2.05, 4.69) is 33.1 Å². The van der Waals surface area contributed by atoms with Gasteiger partial charge in [0.05, 0.1) is 18.1 Å². The highest BCUT2D eigenvalue weighted by Gasteiger charge is 2.30. The van der Waals surface area contributed by atoms with Crippen LogP contribution in [-0.4, -0.2) is 47.7 Å². The van der Waals surface area contributed by atoms with Crippen molar-refractivity contribution in [3.8, 4) is 29.6 Å². The van der Waals surface area contributed by atoms with Crippen molar-refractivity contribution in [2.75, 3.05) is 25.6 Å². The summed E-state index contributed by atoms with van der Waals surface area (Å²) in [5, 5.41) is 5.01. The summed E-state index contributed by atoms with van der Waals surface area (Å²) in [5.74, 6) is 1.74. The number of benzene rings is 2. The molecule has 0 amide bonds. The molecule has 1 fully saturated rings. The fourth-order valence-corrected chi connectivity index (χ4v) is 4.79. The summed E-state index contributed by atoms with van der Waals surface area (Å²) in [6.45, 7) is 3.00. The number of likely N-dealkylation sites (N-methyl/N-ethyl adjacent to an activating group) is 1. The maximum atomic E-state index is 16.0. The Balaban J connectivity index is 1.76. The minimum atomic E-state index is -0.648. The standard InChI is InChI=1S/C26H23F2N5O/c1-5-16-19(27)10-9-15-7-6-8-17(21(15)16)23-22(28)24-18(13-30-23)25(32-26(31-24)34-4)33(3)20-11-12-29-14(20)2/h1,6-10,13-14,20,29H,11-12H2,2-4H3/t14-,20-/m1/s1. The largest absolute Gasteiger partial charge is 0.467 e. The van der Waals surface area contributed by atoms with Gasteiger partial charge in [0.2, 0.25) is 0 Å². The second-order valence-electron chi connectivity index (χ2n) is 8.40. The van der Waals surface area contributed by atoms with Crippen LogP contribution in [-0.2, 0) is 0 Å². The quantitative estimate of drug-likeness (QED) is 0.459. The molecular formula is C26H23F2N5O. The van der Waals surface area contributed by atoms with Gasteiger partial charge >= 0.3 is 6.01 Å². The molecular weight excluding hydrogens is 436 g/mol. The maximum absolute atomic E-state index is 16.0. The van der Waals surface area contributed by atoms with E-state index in [1.807, 2.05) is 11.9 Å². The van der Waals surface area contributed by atoms with Crippen LogP contribution in [0.15, 0.2) is 36.5 Å². The van der Waals surface area contributed by atoms with Crippen LogP contribution in [0.5, 0.6) is 6.01 Å². The summed E-state index contributed by atoms with van der Waals surface area (Å²) in [6.07, 6.45) is 8.08. The monoisotopic (exact) mass is 459 g/mol. The highest BCUT2D eigenvalue weighted by atomic mass is 19.1. The molecule has 0 radical (unpaired) electrons. The number of hydrogen-bond acceptors (Lipinski definition) is 6. The fourth-order valence-electron chi connectivity index (χ4n) is 4.79. The summed E-state index contributed by atoms with van der Waals surface area (Å²) >= 11 is 0. The van der Waals surface area contributed by atoms with Crippen LogP contribution in [0.25, 0.3) is 32.9 Å². The van der Waals surface area contributed by atoms with E-state index in [1.54, 1.807) is 30.5 Å². The lowest BCUT2D eigenvalue weighted by molar-refractivity contribution is 0.381. The summed E-state index contributed by atoms with van der Waals surface area (Å²) in [7, 11) is 3.37. The molecule has 1 N–H and O–H groups in total. The minimum Gasteiger partial charge on any atom is -0.467 e. The van der Waals surface area contributed by atoms with Crippen molar-refractivity contribution in [3.05, 3.63) is 53.7 Å². The van der Waals surface area contributed by atoms with Gasteiger partial charge in [-0.05, 0) is 31.3 Å². The Hall–Kier alpha value is -3.83. The van der Waals surface area contributed by atoms with Gasteiger partial charge < -0.3 is 15.0 Å².